The smallest absolute Gasteiger partial charge is 0.248 e. The molecule has 2 heterocycles. The number of aromatic nitrogens is 5. The molecule has 1 aromatic carbocycles. The first-order valence-corrected chi connectivity index (χ1v) is 10.2. The molecule has 0 bridgehead atoms. The summed E-state index contributed by atoms with van der Waals surface area (Å²) in [6.07, 6.45) is 7.00. The van der Waals surface area contributed by atoms with Crippen LogP contribution in [0.1, 0.15) is 37.1 Å². The number of hydrogen-bond acceptors (Lipinski definition) is 6. The summed E-state index contributed by atoms with van der Waals surface area (Å²) in [7, 11) is 0. The van der Waals surface area contributed by atoms with Crippen LogP contribution in [0.25, 0.3) is 11.3 Å². The molecule has 0 radical (unpaired) electrons. The molecule has 0 saturated heterocycles. The fourth-order valence-corrected chi connectivity index (χ4v) is 4.48. The summed E-state index contributed by atoms with van der Waals surface area (Å²) in [5.41, 5.74) is 1.45. The highest BCUT2D eigenvalue weighted by Gasteiger charge is 2.42. The highest BCUT2D eigenvalue weighted by atomic mass is 32.1. The van der Waals surface area contributed by atoms with Crippen LogP contribution in [0.2, 0.25) is 0 Å². The lowest BCUT2D eigenvalue weighted by Gasteiger charge is -2.35. The van der Waals surface area contributed by atoms with E-state index in [0.717, 1.165) is 54.8 Å². The van der Waals surface area contributed by atoms with Gasteiger partial charge in [0.25, 0.3) is 0 Å². The molecule has 1 aliphatic rings. The maximum Gasteiger partial charge on any atom is 0.248 e. The number of nitrogens with one attached hydrogen (secondary N) is 1. The highest BCUT2D eigenvalue weighted by molar-refractivity contribution is 7.09. The molecule has 4 rings (SSSR count). The number of tetrazole rings is 1. The van der Waals surface area contributed by atoms with E-state index in [9.17, 15) is 4.79 Å². The van der Waals surface area contributed by atoms with Gasteiger partial charge in [0.1, 0.15) is 11.9 Å². The van der Waals surface area contributed by atoms with E-state index in [-0.39, 0.29) is 5.91 Å². The van der Waals surface area contributed by atoms with E-state index in [1.54, 1.807) is 22.3 Å². The Bertz CT molecular complexity index is 871. The largest absolute Gasteiger partial charge is 0.354 e. The predicted molar refractivity (Wildman–Crippen MR) is 103 cm³/mol. The Labute approximate surface area is 161 Å². The zero-order valence-electron chi connectivity index (χ0n) is 15.0. The lowest BCUT2D eigenvalue weighted by molar-refractivity contribution is -0.132. The maximum atomic E-state index is 13.0. The zero-order valence-corrected chi connectivity index (χ0v) is 15.9. The Morgan fingerprint density at radius 2 is 2.00 bits per heavy atom. The van der Waals surface area contributed by atoms with Gasteiger partial charge in [-0.1, -0.05) is 49.6 Å². The van der Waals surface area contributed by atoms with Gasteiger partial charge in [-0.2, -0.15) is 0 Å². The SMILES string of the molecule is O=C(NCCc1nc(-c2ccccc2)cs1)C1(n2cnnn2)CCCCC1. The van der Waals surface area contributed by atoms with Crippen molar-refractivity contribution in [3.05, 3.63) is 47.0 Å². The molecule has 0 unspecified atom stereocenters. The average molecular weight is 382 g/mol. The Hall–Kier alpha value is -2.61. The van der Waals surface area contributed by atoms with E-state index in [1.165, 1.54) is 0 Å². The normalized spacial score (nSPS) is 16.1. The van der Waals surface area contributed by atoms with Crippen molar-refractivity contribution in [3.63, 3.8) is 0 Å². The Morgan fingerprint density at radius 1 is 1.19 bits per heavy atom. The second kappa shape index (κ2) is 7.96. The van der Waals surface area contributed by atoms with Crippen LogP contribution < -0.4 is 5.32 Å². The summed E-state index contributed by atoms with van der Waals surface area (Å²) in [5, 5.41) is 17.7. The fraction of sp³-hybridized carbons (Fsp3) is 0.421. The van der Waals surface area contributed by atoms with Crippen LogP contribution in [0.15, 0.2) is 42.0 Å². The molecule has 1 N–H and O–H groups in total. The van der Waals surface area contributed by atoms with Crippen LogP contribution >= 0.6 is 11.3 Å². The van der Waals surface area contributed by atoms with E-state index in [4.69, 9.17) is 0 Å². The lowest BCUT2D eigenvalue weighted by Crippen LogP contribution is -2.50. The molecule has 7 nitrogen and oxygen atoms in total. The fourth-order valence-electron chi connectivity index (χ4n) is 3.67. The average Bonchev–Trinajstić information content (AvgIpc) is 3.42. The topological polar surface area (TPSA) is 85.6 Å². The van der Waals surface area contributed by atoms with Crippen molar-refractivity contribution in [1.29, 1.82) is 0 Å². The van der Waals surface area contributed by atoms with Crippen molar-refractivity contribution >= 4 is 17.2 Å². The van der Waals surface area contributed by atoms with Gasteiger partial charge in [0, 0.05) is 23.9 Å². The quantitative estimate of drug-likeness (QED) is 0.708. The molecule has 1 saturated carbocycles. The highest BCUT2D eigenvalue weighted by Crippen LogP contribution is 2.34. The molecule has 0 atom stereocenters. The van der Waals surface area contributed by atoms with E-state index < -0.39 is 5.54 Å². The first kappa shape index (κ1) is 17.8. The summed E-state index contributed by atoms with van der Waals surface area (Å²) >= 11 is 1.63. The molecule has 27 heavy (non-hydrogen) atoms. The van der Waals surface area contributed by atoms with Gasteiger partial charge < -0.3 is 5.32 Å². The van der Waals surface area contributed by atoms with E-state index in [2.05, 4.69) is 43.3 Å². The Balaban J connectivity index is 1.38. The number of nitrogens with zero attached hydrogens (tertiary/aromatic N) is 5. The standard InChI is InChI=1S/C19H22N6OS/c26-18(19(10-5-2-6-11-19)25-14-21-23-24-25)20-12-9-17-22-16(13-27-17)15-7-3-1-4-8-15/h1,3-4,7-8,13-14H,2,5-6,9-12H2,(H,20,26). The third-order valence-corrected chi connectivity index (χ3v) is 6.05. The first-order valence-electron chi connectivity index (χ1n) is 9.29. The Kier molecular flexibility index (Phi) is 5.24. The van der Waals surface area contributed by atoms with Crippen molar-refractivity contribution in [3.8, 4) is 11.3 Å². The number of amides is 1. The minimum Gasteiger partial charge on any atom is -0.354 e. The van der Waals surface area contributed by atoms with Gasteiger partial charge in [0.15, 0.2) is 0 Å². The summed E-state index contributed by atoms with van der Waals surface area (Å²) in [6, 6.07) is 10.1. The Morgan fingerprint density at radius 3 is 2.74 bits per heavy atom. The molecule has 0 spiro atoms. The lowest BCUT2D eigenvalue weighted by atomic mass is 9.81. The monoisotopic (exact) mass is 382 g/mol. The van der Waals surface area contributed by atoms with Gasteiger partial charge in [-0.15, -0.1) is 16.4 Å². The van der Waals surface area contributed by atoms with E-state index >= 15 is 0 Å². The zero-order chi connectivity index (χ0) is 18.5. The second-order valence-corrected chi connectivity index (χ2v) is 7.79. The van der Waals surface area contributed by atoms with Crippen molar-refractivity contribution in [2.75, 3.05) is 6.54 Å². The molecule has 1 amide bonds. The minimum absolute atomic E-state index is 0.00865. The van der Waals surface area contributed by atoms with Gasteiger partial charge in [0.05, 0.1) is 10.7 Å². The second-order valence-electron chi connectivity index (χ2n) is 6.85. The number of benzene rings is 1. The molecule has 1 fully saturated rings. The van der Waals surface area contributed by atoms with Crippen molar-refractivity contribution in [1.82, 2.24) is 30.5 Å². The molecule has 3 aromatic rings. The third kappa shape index (κ3) is 3.75. The summed E-state index contributed by atoms with van der Waals surface area (Å²) < 4.78 is 1.64. The molecule has 140 valence electrons. The summed E-state index contributed by atoms with van der Waals surface area (Å²) in [4.78, 5) is 17.7. The first-order chi connectivity index (χ1) is 13.3. The number of carbonyl (C=O) groups excluding carboxylic acids is 1. The molecular weight excluding hydrogens is 360 g/mol. The van der Waals surface area contributed by atoms with Crippen molar-refractivity contribution in [2.45, 2.75) is 44.1 Å². The molecule has 1 aliphatic carbocycles. The molecule has 2 aromatic heterocycles. The van der Waals surface area contributed by atoms with Gasteiger partial charge in [-0.05, 0) is 23.3 Å². The molecular formula is C19H22N6OS. The van der Waals surface area contributed by atoms with Crippen LogP contribution in [-0.4, -0.2) is 37.6 Å². The van der Waals surface area contributed by atoms with Gasteiger partial charge >= 0.3 is 0 Å². The van der Waals surface area contributed by atoms with Gasteiger partial charge in [-0.3, -0.25) is 4.79 Å². The van der Waals surface area contributed by atoms with Crippen LogP contribution in [0.5, 0.6) is 0 Å². The van der Waals surface area contributed by atoms with Crippen LogP contribution in [0.3, 0.4) is 0 Å². The minimum atomic E-state index is -0.653. The number of carbonyl (C=O) groups is 1. The van der Waals surface area contributed by atoms with E-state index in [1.807, 2.05) is 18.2 Å². The maximum absolute atomic E-state index is 13.0. The van der Waals surface area contributed by atoms with Crippen LogP contribution in [0.4, 0.5) is 0 Å². The van der Waals surface area contributed by atoms with Crippen molar-refractivity contribution in [2.24, 2.45) is 0 Å². The number of thiazole rings is 1. The predicted octanol–water partition coefficient (Wildman–Crippen LogP) is 2.81. The van der Waals surface area contributed by atoms with Gasteiger partial charge in [0.2, 0.25) is 5.91 Å². The van der Waals surface area contributed by atoms with Gasteiger partial charge in [-0.25, -0.2) is 9.67 Å². The van der Waals surface area contributed by atoms with Crippen molar-refractivity contribution < 1.29 is 4.79 Å². The van der Waals surface area contributed by atoms with Crippen LogP contribution in [-0.2, 0) is 16.8 Å². The number of rotatable bonds is 6. The van der Waals surface area contributed by atoms with Crippen LogP contribution in [0, 0.1) is 0 Å². The summed E-state index contributed by atoms with van der Waals surface area (Å²) in [6.45, 7) is 0.560. The third-order valence-electron chi connectivity index (χ3n) is 5.14. The number of hydrogen-bond donors (Lipinski definition) is 1. The van der Waals surface area contributed by atoms with E-state index in [0.29, 0.717) is 6.54 Å². The summed E-state index contributed by atoms with van der Waals surface area (Å²) in [5.74, 6) is 0.00865. The molecule has 0 aliphatic heterocycles. The molecule has 8 heteroatoms.